The highest BCUT2D eigenvalue weighted by atomic mass is 15.0. The molecule has 0 radical (unpaired) electrons. The van der Waals surface area contributed by atoms with Crippen molar-refractivity contribution in [3.05, 3.63) is 17.6 Å². The van der Waals surface area contributed by atoms with Gasteiger partial charge < -0.3 is 11.1 Å². The van der Waals surface area contributed by atoms with Crippen molar-refractivity contribution in [2.75, 3.05) is 18.4 Å². The summed E-state index contributed by atoms with van der Waals surface area (Å²) in [5.74, 6) is 0.920. The van der Waals surface area contributed by atoms with Gasteiger partial charge in [-0.1, -0.05) is 0 Å². The minimum absolute atomic E-state index is 0.437. The Balaban J connectivity index is 1.97. The number of aromatic nitrogens is 2. The Morgan fingerprint density at radius 2 is 2.19 bits per heavy atom. The van der Waals surface area contributed by atoms with Crippen LogP contribution in [0, 0.1) is 19.3 Å². The third kappa shape index (κ3) is 2.50. The van der Waals surface area contributed by atoms with Crippen molar-refractivity contribution in [3.63, 3.8) is 0 Å². The largest absolute Gasteiger partial charge is 0.368 e. The second kappa shape index (κ2) is 4.37. The maximum atomic E-state index is 5.62. The zero-order chi connectivity index (χ0) is 11.6. The SMILES string of the molecule is Cc1cnc(C)c(NCC2(CCN)CC2)n1. The average Bonchev–Trinajstić information content (AvgIpc) is 3.01. The molecule has 1 heterocycles. The molecule has 2 rings (SSSR count). The first-order chi connectivity index (χ1) is 7.65. The lowest BCUT2D eigenvalue weighted by atomic mass is 10.0. The highest BCUT2D eigenvalue weighted by Crippen LogP contribution is 2.48. The second-order valence-corrected chi connectivity index (χ2v) is 4.84. The number of nitrogens with two attached hydrogens (primary N) is 1. The van der Waals surface area contributed by atoms with Crippen molar-refractivity contribution in [2.45, 2.75) is 33.1 Å². The van der Waals surface area contributed by atoms with Gasteiger partial charge in [0.1, 0.15) is 5.82 Å². The molecule has 1 aromatic heterocycles. The summed E-state index contributed by atoms with van der Waals surface area (Å²) in [7, 11) is 0. The van der Waals surface area contributed by atoms with Crippen molar-refractivity contribution in [1.29, 1.82) is 0 Å². The van der Waals surface area contributed by atoms with E-state index in [9.17, 15) is 0 Å². The van der Waals surface area contributed by atoms with Crippen molar-refractivity contribution >= 4 is 5.82 Å². The average molecular weight is 220 g/mol. The molecule has 0 bridgehead atoms. The quantitative estimate of drug-likeness (QED) is 0.791. The van der Waals surface area contributed by atoms with Crippen molar-refractivity contribution in [2.24, 2.45) is 11.1 Å². The summed E-state index contributed by atoms with van der Waals surface area (Å²) in [6.45, 7) is 5.70. The third-order valence-corrected chi connectivity index (χ3v) is 3.34. The molecule has 0 unspecified atom stereocenters. The van der Waals surface area contributed by atoms with Crippen LogP contribution < -0.4 is 11.1 Å². The molecule has 1 aliphatic rings. The first-order valence-electron chi connectivity index (χ1n) is 5.89. The fraction of sp³-hybridized carbons (Fsp3) is 0.667. The summed E-state index contributed by atoms with van der Waals surface area (Å²) in [4.78, 5) is 8.75. The minimum atomic E-state index is 0.437. The summed E-state index contributed by atoms with van der Waals surface area (Å²) in [6.07, 6.45) is 5.48. The third-order valence-electron chi connectivity index (χ3n) is 3.34. The standard InChI is InChI=1S/C12H20N4/c1-9-7-14-10(2)11(16-9)15-8-12(3-4-12)5-6-13/h7H,3-6,8,13H2,1-2H3,(H,15,16). The van der Waals surface area contributed by atoms with Gasteiger partial charge in [-0.3, -0.25) is 4.98 Å². The molecule has 0 atom stereocenters. The second-order valence-electron chi connectivity index (χ2n) is 4.84. The van der Waals surface area contributed by atoms with Crippen LogP contribution in [0.3, 0.4) is 0 Å². The Bertz CT molecular complexity index is 371. The van der Waals surface area contributed by atoms with Crippen LogP contribution in [0.5, 0.6) is 0 Å². The molecule has 0 spiro atoms. The van der Waals surface area contributed by atoms with Crippen molar-refractivity contribution < 1.29 is 0 Å². The van der Waals surface area contributed by atoms with Crippen LogP contribution in [0.2, 0.25) is 0 Å². The molecule has 0 amide bonds. The molecule has 3 N–H and O–H groups in total. The van der Waals surface area contributed by atoms with Crippen LogP contribution in [0.1, 0.15) is 30.7 Å². The van der Waals surface area contributed by atoms with E-state index in [0.717, 1.165) is 36.7 Å². The van der Waals surface area contributed by atoms with Gasteiger partial charge in [0.15, 0.2) is 0 Å². The fourth-order valence-corrected chi connectivity index (χ4v) is 1.97. The van der Waals surface area contributed by atoms with E-state index in [0.29, 0.717) is 5.41 Å². The van der Waals surface area contributed by atoms with E-state index in [4.69, 9.17) is 5.73 Å². The van der Waals surface area contributed by atoms with Crippen molar-refractivity contribution in [3.8, 4) is 0 Å². The lowest BCUT2D eigenvalue weighted by molar-refractivity contribution is 0.500. The van der Waals surface area contributed by atoms with E-state index in [2.05, 4.69) is 15.3 Å². The first kappa shape index (κ1) is 11.3. The molecule has 1 aromatic rings. The van der Waals surface area contributed by atoms with Crippen LogP contribution in [0.25, 0.3) is 0 Å². The summed E-state index contributed by atoms with van der Waals surface area (Å²) in [5.41, 5.74) is 7.98. The number of nitrogens with zero attached hydrogens (tertiary/aromatic N) is 2. The lowest BCUT2D eigenvalue weighted by Crippen LogP contribution is -2.20. The van der Waals surface area contributed by atoms with Crippen LogP contribution in [-0.4, -0.2) is 23.1 Å². The summed E-state index contributed by atoms with van der Waals surface area (Å²) in [6, 6.07) is 0. The molecular weight excluding hydrogens is 200 g/mol. The van der Waals surface area contributed by atoms with Crippen molar-refractivity contribution in [1.82, 2.24) is 9.97 Å². The number of anilines is 1. The van der Waals surface area contributed by atoms with E-state index in [1.54, 1.807) is 6.20 Å². The molecule has 4 heteroatoms. The van der Waals surface area contributed by atoms with E-state index in [-0.39, 0.29) is 0 Å². The predicted molar refractivity (Wildman–Crippen MR) is 65.3 cm³/mol. The van der Waals surface area contributed by atoms with E-state index in [1.807, 2.05) is 13.8 Å². The molecule has 1 saturated carbocycles. The van der Waals surface area contributed by atoms with E-state index < -0.39 is 0 Å². The van der Waals surface area contributed by atoms with Gasteiger partial charge in [-0.15, -0.1) is 0 Å². The summed E-state index contributed by atoms with van der Waals surface area (Å²) < 4.78 is 0. The zero-order valence-electron chi connectivity index (χ0n) is 10.1. The van der Waals surface area contributed by atoms with Crippen LogP contribution in [-0.2, 0) is 0 Å². The number of hydrogen-bond donors (Lipinski definition) is 2. The Kier molecular flexibility index (Phi) is 3.10. The van der Waals surface area contributed by atoms with Gasteiger partial charge >= 0.3 is 0 Å². The molecule has 0 aromatic carbocycles. The number of rotatable bonds is 5. The molecule has 1 fully saturated rings. The van der Waals surface area contributed by atoms with Gasteiger partial charge in [-0.25, -0.2) is 4.98 Å². The molecule has 1 aliphatic carbocycles. The first-order valence-corrected chi connectivity index (χ1v) is 5.89. The number of aryl methyl sites for hydroxylation is 2. The van der Waals surface area contributed by atoms with Crippen LogP contribution in [0.15, 0.2) is 6.20 Å². The van der Waals surface area contributed by atoms with Gasteiger partial charge in [0.05, 0.1) is 11.4 Å². The highest BCUT2D eigenvalue weighted by Gasteiger charge is 2.41. The summed E-state index contributed by atoms with van der Waals surface area (Å²) in [5, 5.41) is 3.41. The molecular formula is C12H20N4. The van der Waals surface area contributed by atoms with E-state index >= 15 is 0 Å². The lowest BCUT2D eigenvalue weighted by Gasteiger charge is -2.16. The Labute approximate surface area is 96.7 Å². The minimum Gasteiger partial charge on any atom is -0.368 e. The normalized spacial score (nSPS) is 17.2. The number of hydrogen-bond acceptors (Lipinski definition) is 4. The molecule has 0 aliphatic heterocycles. The Morgan fingerprint density at radius 3 is 2.81 bits per heavy atom. The topological polar surface area (TPSA) is 63.8 Å². The number of nitrogens with one attached hydrogen (secondary N) is 1. The monoisotopic (exact) mass is 220 g/mol. The van der Waals surface area contributed by atoms with Crippen LogP contribution >= 0.6 is 0 Å². The van der Waals surface area contributed by atoms with E-state index in [1.165, 1.54) is 12.8 Å². The van der Waals surface area contributed by atoms with Gasteiger partial charge in [0, 0.05) is 12.7 Å². The Morgan fingerprint density at radius 1 is 1.44 bits per heavy atom. The zero-order valence-corrected chi connectivity index (χ0v) is 10.1. The Hall–Kier alpha value is -1.16. The maximum absolute atomic E-state index is 5.62. The van der Waals surface area contributed by atoms with Gasteiger partial charge in [0.25, 0.3) is 0 Å². The van der Waals surface area contributed by atoms with Crippen LogP contribution in [0.4, 0.5) is 5.82 Å². The van der Waals surface area contributed by atoms with Gasteiger partial charge in [-0.05, 0) is 45.1 Å². The fourth-order valence-electron chi connectivity index (χ4n) is 1.97. The molecule has 0 saturated heterocycles. The van der Waals surface area contributed by atoms with Gasteiger partial charge in [-0.2, -0.15) is 0 Å². The molecule has 4 nitrogen and oxygen atoms in total. The molecule has 16 heavy (non-hydrogen) atoms. The smallest absolute Gasteiger partial charge is 0.147 e. The predicted octanol–water partition coefficient (Wildman–Crippen LogP) is 1.63. The van der Waals surface area contributed by atoms with Gasteiger partial charge in [0.2, 0.25) is 0 Å². The molecule has 88 valence electrons. The summed E-state index contributed by atoms with van der Waals surface area (Å²) >= 11 is 0. The highest BCUT2D eigenvalue weighted by molar-refractivity contribution is 5.40. The maximum Gasteiger partial charge on any atom is 0.147 e.